The average Bonchev–Trinajstić information content (AvgIpc) is 3.05. The van der Waals surface area contributed by atoms with Crippen LogP contribution in [0.1, 0.15) is 59.4 Å². The number of hydrogen-bond acceptors (Lipinski definition) is 3. The minimum absolute atomic E-state index is 0.0959. The molecule has 2 fully saturated rings. The minimum atomic E-state index is -0.783. The van der Waals surface area contributed by atoms with Gasteiger partial charge in [0, 0.05) is 0 Å². The molecule has 1 aliphatic carbocycles. The average molecular weight is 344 g/mol. The standard InChI is InChI=1S/C19H26BFN2O2/c1-18(2)19(3,4)25-20(24-18)13-9-10-17-15(11-13)22-12-23(17)16-8-6-5-7-14(16)21/h9-12,14,16H,5-8H2,1-4H3/t14-,16-/m1/s1. The Kier molecular flexibility index (Phi) is 3.96. The molecule has 4 rings (SSSR count). The highest BCUT2D eigenvalue weighted by Gasteiger charge is 2.51. The maximum atomic E-state index is 14.3. The second kappa shape index (κ2) is 5.81. The first kappa shape index (κ1) is 17.0. The van der Waals surface area contributed by atoms with Crippen molar-refractivity contribution in [2.24, 2.45) is 0 Å². The van der Waals surface area contributed by atoms with Gasteiger partial charge in [-0.1, -0.05) is 18.9 Å². The van der Waals surface area contributed by atoms with Gasteiger partial charge in [-0.25, -0.2) is 9.37 Å². The lowest BCUT2D eigenvalue weighted by Gasteiger charge is -2.32. The van der Waals surface area contributed by atoms with Crippen LogP contribution in [0.15, 0.2) is 24.5 Å². The van der Waals surface area contributed by atoms with E-state index in [0.29, 0.717) is 6.42 Å². The van der Waals surface area contributed by atoms with Crippen molar-refractivity contribution in [3.63, 3.8) is 0 Å². The number of fused-ring (bicyclic) bond motifs is 1. The monoisotopic (exact) mass is 344 g/mol. The van der Waals surface area contributed by atoms with E-state index >= 15 is 0 Å². The molecular weight excluding hydrogens is 318 g/mol. The summed E-state index contributed by atoms with van der Waals surface area (Å²) in [5.74, 6) is 0. The fourth-order valence-corrected chi connectivity index (χ4v) is 3.82. The number of benzene rings is 1. The first-order valence-corrected chi connectivity index (χ1v) is 9.25. The van der Waals surface area contributed by atoms with Gasteiger partial charge in [0.15, 0.2) is 0 Å². The zero-order valence-corrected chi connectivity index (χ0v) is 15.5. The number of nitrogens with zero attached hydrogens (tertiary/aromatic N) is 2. The number of aromatic nitrogens is 2. The van der Waals surface area contributed by atoms with Crippen LogP contribution in [0.5, 0.6) is 0 Å². The Balaban J connectivity index is 1.64. The molecule has 4 nitrogen and oxygen atoms in total. The van der Waals surface area contributed by atoms with Crippen LogP contribution in [0.25, 0.3) is 11.0 Å². The Bertz CT molecular complexity index is 773. The zero-order valence-electron chi connectivity index (χ0n) is 15.5. The predicted octanol–water partition coefficient (Wildman–Crippen LogP) is 3.79. The second-order valence-electron chi connectivity index (χ2n) is 8.36. The molecule has 2 aromatic rings. The molecule has 1 aromatic carbocycles. The van der Waals surface area contributed by atoms with Crippen LogP contribution < -0.4 is 5.46 Å². The SMILES string of the molecule is CC1(C)OB(c2ccc3c(c2)ncn3[C@@H]2CCCC[C@H]2F)OC1(C)C. The van der Waals surface area contributed by atoms with Gasteiger partial charge in [-0.3, -0.25) is 0 Å². The smallest absolute Gasteiger partial charge is 0.399 e. The minimum Gasteiger partial charge on any atom is -0.399 e. The molecule has 1 saturated carbocycles. The van der Waals surface area contributed by atoms with Crippen molar-refractivity contribution >= 4 is 23.6 Å². The van der Waals surface area contributed by atoms with E-state index in [9.17, 15) is 4.39 Å². The van der Waals surface area contributed by atoms with Crippen LogP contribution in [-0.2, 0) is 9.31 Å². The normalized spacial score (nSPS) is 28.6. The van der Waals surface area contributed by atoms with E-state index in [-0.39, 0.29) is 17.2 Å². The maximum Gasteiger partial charge on any atom is 0.494 e. The van der Waals surface area contributed by atoms with E-state index in [1.165, 1.54) is 0 Å². The quantitative estimate of drug-likeness (QED) is 0.778. The first-order chi connectivity index (χ1) is 11.8. The summed E-state index contributed by atoms with van der Waals surface area (Å²) in [6.45, 7) is 8.19. The van der Waals surface area contributed by atoms with Gasteiger partial charge in [-0.2, -0.15) is 0 Å². The highest BCUT2D eigenvalue weighted by molar-refractivity contribution is 6.62. The van der Waals surface area contributed by atoms with Gasteiger partial charge in [0.25, 0.3) is 0 Å². The van der Waals surface area contributed by atoms with Gasteiger partial charge >= 0.3 is 7.12 Å². The molecule has 1 saturated heterocycles. The molecule has 1 aliphatic heterocycles. The number of rotatable bonds is 2. The van der Waals surface area contributed by atoms with Crippen molar-refractivity contribution in [1.29, 1.82) is 0 Å². The van der Waals surface area contributed by atoms with E-state index in [1.54, 1.807) is 6.33 Å². The summed E-state index contributed by atoms with van der Waals surface area (Å²) < 4.78 is 28.6. The Labute approximate surface area is 148 Å². The molecular formula is C19H26BFN2O2. The van der Waals surface area contributed by atoms with Crippen LogP contribution in [0.3, 0.4) is 0 Å². The molecule has 2 atom stereocenters. The van der Waals surface area contributed by atoms with Crippen molar-refractivity contribution in [3.8, 4) is 0 Å². The van der Waals surface area contributed by atoms with Crippen LogP contribution >= 0.6 is 0 Å². The van der Waals surface area contributed by atoms with Crippen LogP contribution in [-0.4, -0.2) is 34.0 Å². The lowest BCUT2D eigenvalue weighted by atomic mass is 9.79. The summed E-state index contributed by atoms with van der Waals surface area (Å²) in [5.41, 5.74) is 2.07. The van der Waals surface area contributed by atoms with Gasteiger partial charge in [0.2, 0.25) is 0 Å². The third kappa shape index (κ3) is 2.79. The summed E-state index contributed by atoms with van der Waals surface area (Å²) in [4.78, 5) is 4.52. The Morgan fingerprint density at radius 1 is 1.12 bits per heavy atom. The number of halogens is 1. The lowest BCUT2D eigenvalue weighted by molar-refractivity contribution is 0.00578. The van der Waals surface area contributed by atoms with E-state index < -0.39 is 13.3 Å². The molecule has 0 radical (unpaired) electrons. The maximum absolute atomic E-state index is 14.3. The summed E-state index contributed by atoms with van der Waals surface area (Å²) in [6.07, 6.45) is 4.59. The Morgan fingerprint density at radius 3 is 2.48 bits per heavy atom. The van der Waals surface area contributed by atoms with Crippen LogP contribution in [0.4, 0.5) is 4.39 Å². The van der Waals surface area contributed by atoms with Gasteiger partial charge in [-0.15, -0.1) is 0 Å². The number of alkyl halides is 1. The number of hydrogen-bond donors (Lipinski definition) is 0. The van der Waals surface area contributed by atoms with Gasteiger partial charge in [-0.05, 0) is 58.1 Å². The highest BCUT2D eigenvalue weighted by atomic mass is 19.1. The van der Waals surface area contributed by atoms with E-state index in [4.69, 9.17) is 9.31 Å². The van der Waals surface area contributed by atoms with E-state index in [1.807, 2.05) is 50.5 Å². The molecule has 134 valence electrons. The third-order valence-corrected chi connectivity index (χ3v) is 6.13. The molecule has 0 bridgehead atoms. The first-order valence-electron chi connectivity index (χ1n) is 9.25. The Hall–Kier alpha value is -1.40. The molecule has 6 heteroatoms. The van der Waals surface area contributed by atoms with Crippen LogP contribution in [0, 0.1) is 0 Å². The molecule has 1 aromatic heterocycles. The molecule has 0 spiro atoms. The highest BCUT2D eigenvalue weighted by Crippen LogP contribution is 2.37. The van der Waals surface area contributed by atoms with Crippen molar-refractivity contribution in [3.05, 3.63) is 24.5 Å². The largest absolute Gasteiger partial charge is 0.494 e. The molecule has 2 heterocycles. The predicted molar refractivity (Wildman–Crippen MR) is 97.9 cm³/mol. The summed E-state index contributed by atoms with van der Waals surface area (Å²) in [5, 5.41) is 0. The number of imidazole rings is 1. The molecule has 25 heavy (non-hydrogen) atoms. The molecule has 0 N–H and O–H groups in total. The van der Waals surface area contributed by atoms with Gasteiger partial charge in [0.1, 0.15) is 6.17 Å². The molecule has 0 amide bonds. The van der Waals surface area contributed by atoms with Gasteiger partial charge in [0.05, 0.1) is 34.6 Å². The topological polar surface area (TPSA) is 36.3 Å². The van der Waals surface area contributed by atoms with Crippen molar-refractivity contribution in [2.75, 3.05) is 0 Å². The van der Waals surface area contributed by atoms with Crippen LogP contribution in [0.2, 0.25) is 0 Å². The molecule has 2 aliphatic rings. The second-order valence-corrected chi connectivity index (χ2v) is 8.36. The molecule has 0 unspecified atom stereocenters. The van der Waals surface area contributed by atoms with E-state index in [2.05, 4.69) is 4.98 Å². The fraction of sp³-hybridized carbons (Fsp3) is 0.632. The fourth-order valence-electron chi connectivity index (χ4n) is 3.82. The summed E-state index contributed by atoms with van der Waals surface area (Å²) in [7, 11) is -0.400. The van der Waals surface area contributed by atoms with Crippen molar-refractivity contribution < 1.29 is 13.7 Å². The summed E-state index contributed by atoms with van der Waals surface area (Å²) >= 11 is 0. The van der Waals surface area contributed by atoms with Crippen molar-refractivity contribution in [1.82, 2.24) is 9.55 Å². The third-order valence-electron chi connectivity index (χ3n) is 6.13. The Morgan fingerprint density at radius 2 is 1.80 bits per heavy atom. The lowest BCUT2D eigenvalue weighted by Crippen LogP contribution is -2.41. The van der Waals surface area contributed by atoms with Gasteiger partial charge < -0.3 is 13.9 Å². The zero-order chi connectivity index (χ0) is 17.8. The van der Waals surface area contributed by atoms with E-state index in [0.717, 1.165) is 35.8 Å². The summed E-state index contributed by atoms with van der Waals surface area (Å²) in [6, 6.07) is 5.94. The van der Waals surface area contributed by atoms with Crippen molar-refractivity contribution in [2.45, 2.75) is 76.8 Å².